The molecule has 0 unspecified atom stereocenters. The zero-order valence-electron chi connectivity index (χ0n) is 10.5. The Morgan fingerprint density at radius 1 is 1.05 bits per heavy atom. The van der Waals surface area contributed by atoms with Crippen molar-refractivity contribution >= 4 is 10.0 Å². The minimum absolute atomic E-state index is 0.0728. The molecule has 0 spiro atoms. The van der Waals surface area contributed by atoms with Crippen LogP contribution >= 0.6 is 0 Å². The molecule has 0 aromatic heterocycles. The Balaban J connectivity index is 2.25. The lowest BCUT2D eigenvalue weighted by Crippen LogP contribution is -2.11. The van der Waals surface area contributed by atoms with Crippen molar-refractivity contribution in [3.63, 3.8) is 0 Å². The highest BCUT2D eigenvalue weighted by Gasteiger charge is 2.08. The maximum Gasteiger partial charge on any atom is 0.238 e. The predicted octanol–water partition coefficient (Wildman–Crippen LogP) is 2.69. The van der Waals surface area contributed by atoms with Crippen molar-refractivity contribution in [2.75, 3.05) is 0 Å². The van der Waals surface area contributed by atoms with Crippen LogP contribution in [0.2, 0.25) is 0 Å². The standard InChI is InChI=1S/C14H15NO3S/c1-2-11-5-3-4-6-14(11)18-12-7-9-13(10-8-12)19(15,16)17/h3-10H,2H2,1H3,(H2,15,16,17). The van der Waals surface area contributed by atoms with Crippen LogP contribution in [0.1, 0.15) is 12.5 Å². The molecule has 0 radical (unpaired) electrons. The summed E-state index contributed by atoms with van der Waals surface area (Å²) < 4.78 is 28.0. The van der Waals surface area contributed by atoms with Crippen LogP contribution in [-0.4, -0.2) is 8.42 Å². The number of primary sulfonamides is 1. The Labute approximate surface area is 112 Å². The molecule has 0 bridgehead atoms. The van der Waals surface area contributed by atoms with Crippen molar-refractivity contribution in [3.05, 3.63) is 54.1 Å². The van der Waals surface area contributed by atoms with Crippen molar-refractivity contribution in [1.29, 1.82) is 0 Å². The molecule has 0 amide bonds. The van der Waals surface area contributed by atoms with Gasteiger partial charge in [0.2, 0.25) is 10.0 Å². The molecule has 0 heterocycles. The Kier molecular flexibility index (Phi) is 3.87. The summed E-state index contributed by atoms with van der Waals surface area (Å²) in [7, 11) is -3.66. The third-order valence-electron chi connectivity index (χ3n) is 2.73. The number of aryl methyl sites for hydroxylation is 1. The van der Waals surface area contributed by atoms with Gasteiger partial charge in [-0.2, -0.15) is 0 Å². The second-order valence-electron chi connectivity index (χ2n) is 4.08. The van der Waals surface area contributed by atoms with Crippen LogP contribution in [0.25, 0.3) is 0 Å². The molecule has 0 aliphatic heterocycles. The molecule has 4 nitrogen and oxygen atoms in total. The molecule has 0 atom stereocenters. The van der Waals surface area contributed by atoms with Gasteiger partial charge < -0.3 is 4.74 Å². The number of rotatable bonds is 4. The fraction of sp³-hybridized carbons (Fsp3) is 0.143. The van der Waals surface area contributed by atoms with Crippen molar-refractivity contribution < 1.29 is 13.2 Å². The predicted molar refractivity (Wildman–Crippen MR) is 73.7 cm³/mol. The number of para-hydroxylation sites is 1. The zero-order valence-corrected chi connectivity index (χ0v) is 11.4. The monoisotopic (exact) mass is 277 g/mol. The fourth-order valence-corrected chi connectivity index (χ4v) is 2.24. The van der Waals surface area contributed by atoms with Gasteiger partial charge in [0.05, 0.1) is 4.90 Å². The van der Waals surface area contributed by atoms with Crippen molar-refractivity contribution in [3.8, 4) is 11.5 Å². The van der Waals surface area contributed by atoms with Gasteiger partial charge in [-0.1, -0.05) is 25.1 Å². The van der Waals surface area contributed by atoms with Gasteiger partial charge in [-0.15, -0.1) is 0 Å². The van der Waals surface area contributed by atoms with Crippen molar-refractivity contribution in [2.24, 2.45) is 5.14 Å². The van der Waals surface area contributed by atoms with Gasteiger partial charge in [0.25, 0.3) is 0 Å². The van der Waals surface area contributed by atoms with E-state index in [0.717, 1.165) is 17.7 Å². The van der Waals surface area contributed by atoms with E-state index in [1.54, 1.807) is 12.1 Å². The van der Waals surface area contributed by atoms with Gasteiger partial charge in [0.1, 0.15) is 11.5 Å². The largest absolute Gasteiger partial charge is 0.457 e. The molecule has 0 fully saturated rings. The van der Waals surface area contributed by atoms with Crippen LogP contribution in [-0.2, 0) is 16.4 Å². The van der Waals surface area contributed by atoms with E-state index in [-0.39, 0.29) is 4.90 Å². The fourth-order valence-electron chi connectivity index (χ4n) is 1.72. The number of sulfonamides is 1. The summed E-state index contributed by atoms with van der Waals surface area (Å²) >= 11 is 0. The lowest BCUT2D eigenvalue weighted by molar-refractivity contribution is 0.476. The molecule has 0 aliphatic rings. The maximum atomic E-state index is 11.1. The van der Waals surface area contributed by atoms with E-state index in [1.807, 2.05) is 31.2 Å². The van der Waals surface area contributed by atoms with Crippen molar-refractivity contribution in [1.82, 2.24) is 0 Å². The average Bonchev–Trinajstić information content (AvgIpc) is 2.39. The van der Waals surface area contributed by atoms with E-state index in [4.69, 9.17) is 9.88 Å². The first-order chi connectivity index (χ1) is 9.00. The van der Waals surface area contributed by atoms with E-state index in [2.05, 4.69) is 0 Å². The zero-order chi connectivity index (χ0) is 13.9. The molecule has 0 saturated heterocycles. The van der Waals surface area contributed by atoms with Crippen LogP contribution in [0.15, 0.2) is 53.4 Å². The van der Waals surface area contributed by atoms with Crippen LogP contribution in [0.4, 0.5) is 0 Å². The second-order valence-corrected chi connectivity index (χ2v) is 5.64. The first kappa shape index (κ1) is 13.6. The molecule has 5 heteroatoms. The summed E-state index contributed by atoms with van der Waals surface area (Å²) in [6.07, 6.45) is 0.867. The summed E-state index contributed by atoms with van der Waals surface area (Å²) in [6.45, 7) is 2.05. The van der Waals surface area contributed by atoms with E-state index < -0.39 is 10.0 Å². The average molecular weight is 277 g/mol. The molecule has 0 aliphatic carbocycles. The van der Waals surface area contributed by atoms with Gasteiger partial charge >= 0.3 is 0 Å². The Morgan fingerprint density at radius 3 is 2.26 bits per heavy atom. The molecule has 2 aromatic carbocycles. The van der Waals surface area contributed by atoms with Gasteiger partial charge in [-0.25, -0.2) is 13.6 Å². The quantitative estimate of drug-likeness (QED) is 0.934. The summed E-state index contributed by atoms with van der Waals surface area (Å²) in [5.74, 6) is 1.35. The first-order valence-electron chi connectivity index (χ1n) is 5.89. The normalized spacial score (nSPS) is 11.3. The minimum atomic E-state index is -3.66. The van der Waals surface area contributed by atoms with Crippen LogP contribution in [0.5, 0.6) is 11.5 Å². The molecule has 2 aromatic rings. The van der Waals surface area contributed by atoms with Gasteiger partial charge in [0, 0.05) is 0 Å². The van der Waals surface area contributed by atoms with Gasteiger partial charge in [-0.3, -0.25) is 0 Å². The molecule has 2 N–H and O–H groups in total. The first-order valence-corrected chi connectivity index (χ1v) is 7.44. The number of hydrogen-bond donors (Lipinski definition) is 1. The van der Waals surface area contributed by atoms with E-state index in [1.165, 1.54) is 12.1 Å². The molecule has 2 rings (SSSR count). The Morgan fingerprint density at radius 2 is 1.68 bits per heavy atom. The number of nitrogens with two attached hydrogens (primary N) is 1. The highest BCUT2D eigenvalue weighted by Crippen LogP contribution is 2.26. The Bertz CT molecular complexity index is 663. The summed E-state index contributed by atoms with van der Waals surface area (Å²) in [6, 6.07) is 13.8. The molecular formula is C14H15NO3S. The van der Waals surface area contributed by atoms with Gasteiger partial charge in [-0.05, 0) is 42.3 Å². The third-order valence-corrected chi connectivity index (χ3v) is 3.66. The SMILES string of the molecule is CCc1ccccc1Oc1ccc(S(N)(=O)=O)cc1. The van der Waals surface area contributed by atoms with E-state index >= 15 is 0 Å². The lowest BCUT2D eigenvalue weighted by Gasteiger charge is -2.10. The van der Waals surface area contributed by atoms with Crippen LogP contribution in [0.3, 0.4) is 0 Å². The minimum Gasteiger partial charge on any atom is -0.457 e. The van der Waals surface area contributed by atoms with E-state index in [0.29, 0.717) is 5.75 Å². The number of ether oxygens (including phenoxy) is 1. The maximum absolute atomic E-state index is 11.1. The highest BCUT2D eigenvalue weighted by atomic mass is 32.2. The van der Waals surface area contributed by atoms with E-state index in [9.17, 15) is 8.42 Å². The van der Waals surface area contributed by atoms with Gasteiger partial charge in [0.15, 0.2) is 0 Å². The lowest BCUT2D eigenvalue weighted by atomic mass is 10.1. The van der Waals surface area contributed by atoms with Crippen molar-refractivity contribution in [2.45, 2.75) is 18.2 Å². The third kappa shape index (κ3) is 3.33. The smallest absolute Gasteiger partial charge is 0.238 e. The van der Waals surface area contributed by atoms with Crippen LogP contribution < -0.4 is 9.88 Å². The topological polar surface area (TPSA) is 69.4 Å². The summed E-state index contributed by atoms with van der Waals surface area (Å²) in [5.41, 5.74) is 1.10. The summed E-state index contributed by atoms with van der Waals surface area (Å²) in [5, 5.41) is 5.04. The molecule has 100 valence electrons. The number of hydrogen-bond acceptors (Lipinski definition) is 3. The second kappa shape index (κ2) is 5.42. The number of benzene rings is 2. The van der Waals surface area contributed by atoms with Crippen LogP contribution in [0, 0.1) is 0 Å². The molecule has 19 heavy (non-hydrogen) atoms. The Hall–Kier alpha value is -1.85. The highest BCUT2D eigenvalue weighted by molar-refractivity contribution is 7.89. The molecule has 0 saturated carbocycles. The molecular weight excluding hydrogens is 262 g/mol. The summed E-state index contributed by atoms with van der Waals surface area (Å²) in [4.78, 5) is 0.0728.